The van der Waals surface area contributed by atoms with Crippen molar-refractivity contribution >= 4 is 28.6 Å². The van der Waals surface area contributed by atoms with Gasteiger partial charge in [0.25, 0.3) is 0 Å². The average molecular weight is 360 g/mol. The highest BCUT2D eigenvalue weighted by Gasteiger charge is 2.14. The Balaban J connectivity index is 1.84. The van der Waals surface area contributed by atoms with E-state index in [9.17, 15) is 0 Å². The number of rotatable bonds is 4. The summed E-state index contributed by atoms with van der Waals surface area (Å²) in [7, 11) is 0. The Labute approximate surface area is 148 Å². The summed E-state index contributed by atoms with van der Waals surface area (Å²) >= 11 is 7.66. The number of hydrogen-bond acceptors (Lipinski definition) is 7. The van der Waals surface area contributed by atoms with E-state index in [-0.39, 0.29) is 6.01 Å². The van der Waals surface area contributed by atoms with Crippen molar-refractivity contribution in [2.75, 3.05) is 0 Å². The highest BCUT2D eigenvalue weighted by atomic mass is 35.5. The summed E-state index contributed by atoms with van der Waals surface area (Å²) in [5.74, 6) is 0. The van der Waals surface area contributed by atoms with Crippen LogP contribution in [0, 0.1) is 13.8 Å². The fourth-order valence-electron chi connectivity index (χ4n) is 2.02. The molecule has 3 heterocycles. The number of pyridine rings is 1. The maximum atomic E-state index is 6.23. The zero-order valence-corrected chi connectivity index (χ0v) is 14.9. The van der Waals surface area contributed by atoms with Gasteiger partial charge in [-0.25, -0.2) is 4.98 Å². The van der Waals surface area contributed by atoms with Crippen molar-refractivity contribution in [2.45, 2.75) is 20.8 Å². The molecule has 0 radical (unpaired) electrons. The minimum Gasteiger partial charge on any atom is -0.315 e. The quantitative estimate of drug-likeness (QED) is 0.518. The van der Waals surface area contributed by atoms with Crippen LogP contribution in [0.3, 0.4) is 0 Å². The Morgan fingerprint density at radius 3 is 2.62 bits per heavy atom. The second-order valence-corrected chi connectivity index (χ2v) is 6.44. The van der Waals surface area contributed by atoms with Crippen molar-refractivity contribution in [2.24, 2.45) is 5.16 Å². The number of aromatic nitrogens is 4. The Morgan fingerprint density at radius 2 is 1.96 bits per heavy atom. The maximum absolute atomic E-state index is 6.23. The summed E-state index contributed by atoms with van der Waals surface area (Å²) in [6.45, 7) is 5.55. The lowest BCUT2D eigenvalue weighted by molar-refractivity contribution is 0.311. The molecule has 0 saturated carbocycles. The Morgan fingerprint density at radius 1 is 1.21 bits per heavy atom. The third kappa shape index (κ3) is 3.74. The summed E-state index contributed by atoms with van der Waals surface area (Å²) in [4.78, 5) is 22.9. The van der Waals surface area contributed by atoms with Gasteiger partial charge in [0.15, 0.2) is 0 Å². The van der Waals surface area contributed by atoms with Crippen LogP contribution in [0.2, 0.25) is 5.15 Å². The van der Waals surface area contributed by atoms with E-state index in [2.05, 4.69) is 25.1 Å². The molecule has 0 N–H and O–H groups in total. The van der Waals surface area contributed by atoms with E-state index in [0.717, 1.165) is 26.8 Å². The SMILES string of the molecule is CC(=NOc1nc(C)cc(C)n1)c1sc(-c2cccnc2)nc1Cl. The lowest BCUT2D eigenvalue weighted by Gasteiger charge is -2.01. The second kappa shape index (κ2) is 7.02. The van der Waals surface area contributed by atoms with Crippen LogP contribution < -0.4 is 4.84 Å². The number of nitrogens with zero attached hydrogens (tertiary/aromatic N) is 5. The number of aryl methyl sites for hydroxylation is 2. The van der Waals surface area contributed by atoms with Crippen LogP contribution >= 0.6 is 22.9 Å². The lowest BCUT2D eigenvalue weighted by atomic mass is 10.3. The first-order chi connectivity index (χ1) is 11.5. The molecule has 0 spiro atoms. The fourth-order valence-corrected chi connectivity index (χ4v) is 3.29. The van der Waals surface area contributed by atoms with E-state index in [4.69, 9.17) is 16.4 Å². The molecule has 8 heteroatoms. The van der Waals surface area contributed by atoms with Gasteiger partial charge in [-0.15, -0.1) is 11.3 Å². The van der Waals surface area contributed by atoms with Gasteiger partial charge in [0.2, 0.25) is 0 Å². The maximum Gasteiger partial charge on any atom is 0.346 e. The van der Waals surface area contributed by atoms with E-state index in [0.29, 0.717) is 10.9 Å². The zero-order chi connectivity index (χ0) is 17.1. The van der Waals surface area contributed by atoms with Crippen molar-refractivity contribution in [1.82, 2.24) is 19.9 Å². The number of oxime groups is 1. The van der Waals surface area contributed by atoms with Gasteiger partial charge in [-0.2, -0.15) is 9.97 Å². The smallest absolute Gasteiger partial charge is 0.315 e. The third-order valence-corrected chi connectivity index (χ3v) is 4.65. The molecule has 0 amide bonds. The molecule has 3 aromatic heterocycles. The molecule has 0 fully saturated rings. The van der Waals surface area contributed by atoms with Crippen LogP contribution in [0.15, 0.2) is 35.7 Å². The van der Waals surface area contributed by atoms with E-state index in [1.165, 1.54) is 11.3 Å². The van der Waals surface area contributed by atoms with Crippen LogP contribution in [0.1, 0.15) is 23.2 Å². The molecule has 3 aromatic rings. The van der Waals surface area contributed by atoms with E-state index < -0.39 is 0 Å². The van der Waals surface area contributed by atoms with Crippen molar-refractivity contribution in [3.05, 3.63) is 52.0 Å². The van der Waals surface area contributed by atoms with Gasteiger partial charge in [0.1, 0.15) is 10.2 Å². The van der Waals surface area contributed by atoms with Gasteiger partial charge >= 0.3 is 6.01 Å². The Bertz CT molecular complexity index is 874. The summed E-state index contributed by atoms with van der Waals surface area (Å²) < 4.78 is 0. The highest BCUT2D eigenvalue weighted by molar-refractivity contribution is 7.17. The van der Waals surface area contributed by atoms with Gasteiger partial charge < -0.3 is 4.84 Å². The minimum absolute atomic E-state index is 0.208. The molecule has 122 valence electrons. The average Bonchev–Trinajstić information content (AvgIpc) is 2.94. The minimum atomic E-state index is 0.208. The molecule has 0 atom stereocenters. The summed E-state index contributed by atoms with van der Waals surface area (Å²) in [5.41, 5.74) is 3.15. The van der Waals surface area contributed by atoms with Gasteiger partial charge in [0.05, 0.1) is 10.6 Å². The first-order valence-electron chi connectivity index (χ1n) is 7.14. The largest absolute Gasteiger partial charge is 0.346 e. The van der Waals surface area contributed by atoms with E-state index in [1.54, 1.807) is 19.3 Å². The van der Waals surface area contributed by atoms with Crippen LogP contribution in [0.5, 0.6) is 6.01 Å². The van der Waals surface area contributed by atoms with Crippen LogP contribution in [0.4, 0.5) is 0 Å². The molecule has 0 unspecified atom stereocenters. The summed E-state index contributed by atoms with van der Waals surface area (Å²) in [6, 6.07) is 5.85. The van der Waals surface area contributed by atoms with Crippen molar-refractivity contribution in [3.63, 3.8) is 0 Å². The van der Waals surface area contributed by atoms with Gasteiger partial charge in [0, 0.05) is 29.3 Å². The Hall–Kier alpha value is -2.38. The third-order valence-electron chi connectivity index (χ3n) is 3.05. The highest BCUT2D eigenvalue weighted by Crippen LogP contribution is 2.31. The summed E-state index contributed by atoms with van der Waals surface area (Å²) in [6.07, 6.45) is 3.45. The molecule has 0 aliphatic heterocycles. The van der Waals surface area contributed by atoms with Crippen LogP contribution in [-0.2, 0) is 0 Å². The van der Waals surface area contributed by atoms with E-state index >= 15 is 0 Å². The molecule has 0 aliphatic carbocycles. The van der Waals surface area contributed by atoms with Crippen molar-refractivity contribution in [1.29, 1.82) is 0 Å². The monoisotopic (exact) mass is 359 g/mol. The van der Waals surface area contributed by atoms with Crippen LogP contribution in [-0.4, -0.2) is 25.6 Å². The number of thiazole rings is 1. The molecular weight excluding hydrogens is 346 g/mol. The first-order valence-corrected chi connectivity index (χ1v) is 8.33. The van der Waals surface area contributed by atoms with Crippen molar-refractivity contribution < 1.29 is 4.84 Å². The van der Waals surface area contributed by atoms with Gasteiger partial charge in [-0.1, -0.05) is 16.8 Å². The predicted molar refractivity (Wildman–Crippen MR) is 94.7 cm³/mol. The Kier molecular flexibility index (Phi) is 4.82. The number of hydrogen-bond donors (Lipinski definition) is 0. The molecule has 0 saturated heterocycles. The molecule has 0 aromatic carbocycles. The molecule has 24 heavy (non-hydrogen) atoms. The first kappa shape index (κ1) is 16.5. The van der Waals surface area contributed by atoms with E-state index in [1.807, 2.05) is 32.0 Å². The summed E-state index contributed by atoms with van der Waals surface area (Å²) in [5, 5.41) is 5.23. The molecule has 3 rings (SSSR count). The van der Waals surface area contributed by atoms with Crippen molar-refractivity contribution in [3.8, 4) is 16.6 Å². The normalized spacial score (nSPS) is 11.6. The zero-order valence-electron chi connectivity index (χ0n) is 13.3. The lowest BCUT2D eigenvalue weighted by Crippen LogP contribution is -2.00. The topological polar surface area (TPSA) is 73.2 Å². The van der Waals surface area contributed by atoms with Gasteiger partial charge in [-0.05, 0) is 39.0 Å². The second-order valence-electron chi connectivity index (χ2n) is 5.08. The van der Waals surface area contributed by atoms with Gasteiger partial charge in [-0.3, -0.25) is 4.98 Å². The molecular formula is C16H14ClN5OS. The fraction of sp³-hybridized carbons (Fsp3) is 0.188. The standard InChI is InChI=1S/C16H14ClN5OS/c1-9-7-10(2)20-16(19-9)23-22-11(3)13-14(17)21-15(24-13)12-5-4-6-18-8-12/h4-8H,1-3H3. The predicted octanol–water partition coefficient (Wildman–Crippen LogP) is 4.07. The molecule has 0 bridgehead atoms. The molecule has 6 nitrogen and oxygen atoms in total. The molecule has 0 aliphatic rings. The number of halogens is 1. The van der Waals surface area contributed by atoms with Crippen LogP contribution in [0.25, 0.3) is 10.6 Å².